The van der Waals surface area contributed by atoms with E-state index in [0.29, 0.717) is 5.00 Å². The van der Waals surface area contributed by atoms with Crippen molar-refractivity contribution in [1.29, 1.82) is 0 Å². The SMILES string of the molecule is NC(=O)c1ccsc1NC(=O)CSc1nnc(-c2ccccc2F)o1. The standard InChI is InChI=1S/C15H11FN4O3S2/c16-10-4-2-1-3-8(10)13-19-20-15(23-13)25-7-11(21)18-14-9(12(17)22)5-6-24-14/h1-6H,7H2,(H2,17,22)(H,18,21). The fourth-order valence-electron chi connectivity index (χ4n) is 1.90. The molecule has 0 aliphatic carbocycles. The Bertz CT molecular complexity index is 925. The van der Waals surface area contributed by atoms with Gasteiger partial charge in [-0.05, 0) is 23.6 Å². The van der Waals surface area contributed by atoms with Crippen LogP contribution >= 0.6 is 23.1 Å². The van der Waals surface area contributed by atoms with Crippen LogP contribution in [0.4, 0.5) is 9.39 Å². The Balaban J connectivity index is 1.61. The van der Waals surface area contributed by atoms with Gasteiger partial charge in [-0.3, -0.25) is 9.59 Å². The first kappa shape index (κ1) is 17.1. The van der Waals surface area contributed by atoms with E-state index in [4.69, 9.17) is 10.2 Å². The molecule has 0 unspecified atom stereocenters. The van der Waals surface area contributed by atoms with Crippen LogP contribution in [0.15, 0.2) is 45.4 Å². The molecule has 25 heavy (non-hydrogen) atoms. The maximum Gasteiger partial charge on any atom is 0.277 e. The zero-order valence-electron chi connectivity index (χ0n) is 12.6. The number of benzene rings is 1. The number of primary amides is 1. The molecule has 7 nitrogen and oxygen atoms in total. The van der Waals surface area contributed by atoms with Crippen LogP contribution in [0, 0.1) is 5.82 Å². The number of thioether (sulfide) groups is 1. The number of hydrogen-bond donors (Lipinski definition) is 2. The fraction of sp³-hybridized carbons (Fsp3) is 0.0667. The number of halogens is 1. The summed E-state index contributed by atoms with van der Waals surface area (Å²) in [6, 6.07) is 7.55. The smallest absolute Gasteiger partial charge is 0.277 e. The maximum absolute atomic E-state index is 13.7. The molecule has 2 amide bonds. The molecule has 0 aliphatic rings. The van der Waals surface area contributed by atoms with E-state index in [9.17, 15) is 14.0 Å². The van der Waals surface area contributed by atoms with E-state index < -0.39 is 11.7 Å². The Labute approximate surface area is 149 Å². The lowest BCUT2D eigenvalue weighted by Gasteiger charge is -2.02. The van der Waals surface area contributed by atoms with E-state index in [1.54, 1.807) is 17.5 Å². The third-order valence-electron chi connectivity index (χ3n) is 3.02. The Hall–Kier alpha value is -2.72. The van der Waals surface area contributed by atoms with E-state index >= 15 is 0 Å². The molecule has 2 aromatic heterocycles. The van der Waals surface area contributed by atoms with Crippen LogP contribution in [0.5, 0.6) is 0 Å². The van der Waals surface area contributed by atoms with E-state index in [2.05, 4.69) is 15.5 Å². The topological polar surface area (TPSA) is 111 Å². The molecule has 0 atom stereocenters. The molecule has 1 aromatic carbocycles. The van der Waals surface area contributed by atoms with Crippen molar-refractivity contribution in [2.75, 3.05) is 11.1 Å². The van der Waals surface area contributed by atoms with Crippen molar-refractivity contribution in [2.24, 2.45) is 5.73 Å². The summed E-state index contributed by atoms with van der Waals surface area (Å²) < 4.78 is 19.0. The first-order valence-electron chi connectivity index (χ1n) is 6.93. The second-order valence-electron chi connectivity index (χ2n) is 4.72. The molecular formula is C15H11FN4O3S2. The average molecular weight is 378 g/mol. The van der Waals surface area contributed by atoms with Gasteiger partial charge in [-0.1, -0.05) is 23.9 Å². The lowest BCUT2D eigenvalue weighted by Crippen LogP contribution is -2.17. The number of nitrogens with two attached hydrogens (primary N) is 1. The number of rotatable bonds is 6. The van der Waals surface area contributed by atoms with Crippen LogP contribution in [-0.2, 0) is 4.79 Å². The monoisotopic (exact) mass is 378 g/mol. The summed E-state index contributed by atoms with van der Waals surface area (Å²) in [5.74, 6) is -1.43. The number of anilines is 1. The average Bonchev–Trinajstić information content (AvgIpc) is 3.22. The van der Waals surface area contributed by atoms with E-state index in [1.807, 2.05) is 0 Å². The molecule has 3 N–H and O–H groups in total. The highest BCUT2D eigenvalue weighted by molar-refractivity contribution is 7.99. The zero-order chi connectivity index (χ0) is 17.8. The van der Waals surface area contributed by atoms with Gasteiger partial charge >= 0.3 is 0 Å². The van der Waals surface area contributed by atoms with Crippen molar-refractivity contribution in [1.82, 2.24) is 10.2 Å². The lowest BCUT2D eigenvalue weighted by atomic mass is 10.2. The minimum atomic E-state index is -0.615. The molecule has 3 rings (SSSR count). The second kappa shape index (κ2) is 7.45. The van der Waals surface area contributed by atoms with Gasteiger partial charge in [0.25, 0.3) is 17.0 Å². The predicted molar refractivity (Wildman–Crippen MR) is 91.9 cm³/mol. The zero-order valence-corrected chi connectivity index (χ0v) is 14.2. The van der Waals surface area contributed by atoms with Gasteiger partial charge in [0.1, 0.15) is 10.8 Å². The van der Waals surface area contributed by atoms with Crippen molar-refractivity contribution < 1.29 is 18.4 Å². The number of nitrogens with zero attached hydrogens (tertiary/aromatic N) is 2. The van der Waals surface area contributed by atoms with Crippen LogP contribution in [0.1, 0.15) is 10.4 Å². The number of amides is 2. The van der Waals surface area contributed by atoms with Crippen LogP contribution in [0.3, 0.4) is 0 Å². The largest absolute Gasteiger partial charge is 0.411 e. The normalized spacial score (nSPS) is 10.6. The highest BCUT2D eigenvalue weighted by atomic mass is 32.2. The first-order valence-corrected chi connectivity index (χ1v) is 8.79. The van der Waals surface area contributed by atoms with E-state index in [0.717, 1.165) is 11.8 Å². The minimum absolute atomic E-state index is 0.0188. The van der Waals surface area contributed by atoms with Gasteiger partial charge < -0.3 is 15.5 Å². The van der Waals surface area contributed by atoms with Gasteiger partial charge in [0.2, 0.25) is 5.91 Å². The van der Waals surface area contributed by atoms with Crippen molar-refractivity contribution in [3.05, 3.63) is 47.1 Å². The number of carbonyl (C=O) groups is 2. The van der Waals surface area contributed by atoms with Crippen LogP contribution in [0.2, 0.25) is 0 Å². The summed E-state index contributed by atoms with van der Waals surface area (Å²) in [5.41, 5.74) is 5.66. The number of carbonyl (C=O) groups excluding carboxylic acids is 2. The number of hydrogen-bond acceptors (Lipinski definition) is 7. The summed E-state index contributed by atoms with van der Waals surface area (Å²) >= 11 is 2.20. The molecule has 0 radical (unpaired) electrons. The number of thiophene rings is 1. The first-order chi connectivity index (χ1) is 12.0. The van der Waals surface area contributed by atoms with Crippen molar-refractivity contribution in [3.63, 3.8) is 0 Å². The summed E-state index contributed by atoms with van der Waals surface area (Å²) in [4.78, 5) is 23.2. The van der Waals surface area contributed by atoms with Gasteiger partial charge in [0.05, 0.1) is 16.9 Å². The molecule has 128 valence electrons. The van der Waals surface area contributed by atoms with Crippen molar-refractivity contribution in [3.8, 4) is 11.5 Å². The van der Waals surface area contributed by atoms with Crippen LogP contribution in [-0.4, -0.2) is 27.8 Å². The third-order valence-corrected chi connectivity index (χ3v) is 4.67. The van der Waals surface area contributed by atoms with Crippen molar-refractivity contribution >= 4 is 39.9 Å². The van der Waals surface area contributed by atoms with Crippen molar-refractivity contribution in [2.45, 2.75) is 5.22 Å². The van der Waals surface area contributed by atoms with E-state index in [-0.39, 0.29) is 33.9 Å². The Morgan fingerprint density at radius 2 is 2.08 bits per heavy atom. The molecule has 2 heterocycles. The Morgan fingerprint density at radius 1 is 1.28 bits per heavy atom. The van der Waals surface area contributed by atoms with Crippen LogP contribution < -0.4 is 11.1 Å². The third kappa shape index (κ3) is 4.03. The highest BCUT2D eigenvalue weighted by Gasteiger charge is 2.16. The molecule has 0 bridgehead atoms. The lowest BCUT2D eigenvalue weighted by molar-refractivity contribution is -0.113. The van der Waals surface area contributed by atoms with Gasteiger partial charge in [0, 0.05) is 0 Å². The molecule has 3 aromatic rings. The van der Waals surface area contributed by atoms with Gasteiger partial charge in [-0.25, -0.2) is 4.39 Å². The Morgan fingerprint density at radius 3 is 2.84 bits per heavy atom. The number of nitrogens with one attached hydrogen (secondary N) is 1. The molecule has 10 heteroatoms. The van der Waals surface area contributed by atoms with Gasteiger partial charge in [-0.15, -0.1) is 21.5 Å². The second-order valence-corrected chi connectivity index (χ2v) is 6.56. The predicted octanol–water partition coefficient (Wildman–Crippen LogP) is 2.77. The summed E-state index contributed by atoms with van der Waals surface area (Å²) in [6.07, 6.45) is 0. The summed E-state index contributed by atoms with van der Waals surface area (Å²) in [5, 5.41) is 12.3. The van der Waals surface area contributed by atoms with Gasteiger partial charge in [-0.2, -0.15) is 0 Å². The molecule has 0 saturated carbocycles. The number of aromatic nitrogens is 2. The summed E-state index contributed by atoms with van der Waals surface area (Å²) in [7, 11) is 0. The van der Waals surface area contributed by atoms with Crippen LogP contribution in [0.25, 0.3) is 11.5 Å². The van der Waals surface area contributed by atoms with Gasteiger partial charge in [0.15, 0.2) is 0 Å². The van der Waals surface area contributed by atoms with E-state index in [1.165, 1.54) is 29.5 Å². The highest BCUT2D eigenvalue weighted by Crippen LogP contribution is 2.26. The molecule has 0 aliphatic heterocycles. The fourth-order valence-corrected chi connectivity index (χ4v) is 3.27. The molecule has 0 spiro atoms. The quantitative estimate of drug-likeness (QED) is 0.638. The summed E-state index contributed by atoms with van der Waals surface area (Å²) in [6.45, 7) is 0. The molecular weight excluding hydrogens is 367 g/mol. The molecule has 0 saturated heterocycles. The Kier molecular flexibility index (Phi) is 5.10. The maximum atomic E-state index is 13.7. The minimum Gasteiger partial charge on any atom is -0.411 e. The molecule has 0 fully saturated rings.